The molecular weight excluding hydrogens is 568 g/mol. The third-order valence-corrected chi connectivity index (χ3v) is 8.54. The van der Waals surface area contributed by atoms with Crippen molar-refractivity contribution >= 4 is 29.5 Å². The molecule has 0 atom stereocenters. The van der Waals surface area contributed by atoms with E-state index < -0.39 is 6.09 Å². The molecule has 0 unspecified atom stereocenters. The number of aliphatic imine (C=N–C) groups is 1. The van der Waals surface area contributed by atoms with Crippen LogP contribution in [-0.4, -0.2) is 61.6 Å². The first kappa shape index (κ1) is 38.2. The number of hydrogen-bond acceptors (Lipinski definition) is 6. The molecule has 2 amide bonds. The Labute approximate surface area is 272 Å². The lowest BCUT2D eigenvalue weighted by Crippen LogP contribution is -2.38. The van der Waals surface area contributed by atoms with Crippen LogP contribution in [0.5, 0.6) is 0 Å². The molecule has 1 fully saturated rings. The first-order valence-electron chi connectivity index (χ1n) is 17.7. The van der Waals surface area contributed by atoms with Crippen LogP contribution in [0, 0.1) is 5.92 Å². The molecule has 0 saturated carbocycles. The molecule has 9 heteroatoms. The van der Waals surface area contributed by atoms with Crippen molar-refractivity contribution in [3.05, 3.63) is 29.8 Å². The number of amidine groups is 1. The second-order valence-electron chi connectivity index (χ2n) is 12.4. The van der Waals surface area contributed by atoms with Crippen LogP contribution < -0.4 is 11.1 Å². The van der Waals surface area contributed by atoms with E-state index in [1.165, 1.54) is 77.0 Å². The Balaban J connectivity index is 1.52. The van der Waals surface area contributed by atoms with E-state index in [2.05, 4.69) is 22.1 Å². The molecule has 1 aliphatic heterocycles. The molecule has 0 aliphatic carbocycles. The number of rotatable bonds is 23. The van der Waals surface area contributed by atoms with Crippen molar-refractivity contribution in [2.75, 3.05) is 38.2 Å². The standard InChI is InChI=1S/C36H60N4O5/c1-3-5-6-7-8-9-10-11-12-13-14-15-16-17-28-45-36(43)39-35(37)31-19-21-32(22-20-31)38-33(41)23-18-30-24-26-40(27-25-30)29-34(42)44-4-2/h19-22,30H,3-18,23-29H2,1-2H3,(H,38,41)(H2,37,39,43). The van der Waals surface area contributed by atoms with Gasteiger partial charge in [-0.15, -0.1) is 0 Å². The summed E-state index contributed by atoms with van der Waals surface area (Å²) in [7, 11) is 0. The van der Waals surface area contributed by atoms with Gasteiger partial charge in [0.05, 0.1) is 19.8 Å². The molecule has 1 saturated heterocycles. The predicted molar refractivity (Wildman–Crippen MR) is 182 cm³/mol. The predicted octanol–water partition coefficient (Wildman–Crippen LogP) is 8.00. The Morgan fingerprint density at radius 2 is 1.38 bits per heavy atom. The molecule has 254 valence electrons. The number of carbonyl (C=O) groups excluding carboxylic acids is 3. The van der Waals surface area contributed by atoms with Crippen LogP contribution in [0.2, 0.25) is 0 Å². The summed E-state index contributed by atoms with van der Waals surface area (Å²) in [5.74, 6) is 0.352. The summed E-state index contributed by atoms with van der Waals surface area (Å²) in [6, 6.07) is 6.97. The number of anilines is 1. The van der Waals surface area contributed by atoms with E-state index in [4.69, 9.17) is 15.2 Å². The van der Waals surface area contributed by atoms with Crippen LogP contribution in [0.1, 0.15) is 135 Å². The molecule has 9 nitrogen and oxygen atoms in total. The SMILES string of the molecule is CCCCCCCCCCCCCCCCOC(=O)/N=C(\N)c1ccc(NC(=O)CCC2CCN(CC(=O)OCC)CC2)cc1. The fourth-order valence-corrected chi connectivity index (χ4v) is 5.76. The summed E-state index contributed by atoms with van der Waals surface area (Å²) in [5.41, 5.74) is 7.28. The van der Waals surface area contributed by atoms with Crippen LogP contribution in [-0.2, 0) is 19.1 Å². The van der Waals surface area contributed by atoms with Gasteiger partial charge >= 0.3 is 12.1 Å². The van der Waals surface area contributed by atoms with Gasteiger partial charge in [0.15, 0.2) is 0 Å². The summed E-state index contributed by atoms with van der Waals surface area (Å²) in [6.07, 6.45) is 20.4. The van der Waals surface area contributed by atoms with E-state index in [9.17, 15) is 14.4 Å². The van der Waals surface area contributed by atoms with E-state index >= 15 is 0 Å². The van der Waals surface area contributed by atoms with E-state index in [-0.39, 0.29) is 17.7 Å². The first-order chi connectivity index (χ1) is 21.9. The second kappa shape index (κ2) is 24.3. The van der Waals surface area contributed by atoms with E-state index in [0.29, 0.717) is 43.3 Å². The molecule has 3 N–H and O–H groups in total. The molecule has 1 aromatic carbocycles. The zero-order valence-electron chi connectivity index (χ0n) is 28.2. The number of unbranched alkanes of at least 4 members (excludes halogenated alkanes) is 13. The van der Waals surface area contributed by atoms with E-state index in [1.807, 2.05) is 6.92 Å². The maximum Gasteiger partial charge on any atom is 0.435 e. The van der Waals surface area contributed by atoms with Crippen molar-refractivity contribution < 1.29 is 23.9 Å². The molecule has 1 heterocycles. The minimum Gasteiger partial charge on any atom is -0.465 e. The molecule has 0 aromatic heterocycles. The number of piperidine rings is 1. The Morgan fingerprint density at radius 1 is 0.822 bits per heavy atom. The number of nitrogens with one attached hydrogen (secondary N) is 1. The molecule has 2 rings (SSSR count). The van der Waals surface area contributed by atoms with Crippen molar-refractivity contribution in [1.29, 1.82) is 0 Å². The average Bonchev–Trinajstić information content (AvgIpc) is 3.03. The van der Waals surface area contributed by atoms with Gasteiger partial charge in [0, 0.05) is 17.7 Å². The lowest BCUT2D eigenvalue weighted by molar-refractivity contribution is -0.144. The molecular formula is C36H60N4O5. The fourth-order valence-electron chi connectivity index (χ4n) is 5.76. The highest BCUT2D eigenvalue weighted by atomic mass is 16.5. The van der Waals surface area contributed by atoms with Gasteiger partial charge in [0.2, 0.25) is 5.91 Å². The topological polar surface area (TPSA) is 123 Å². The number of hydrogen-bond donors (Lipinski definition) is 2. The minimum atomic E-state index is -0.675. The molecule has 0 spiro atoms. The summed E-state index contributed by atoms with van der Waals surface area (Å²) < 4.78 is 10.3. The van der Waals surface area contributed by atoms with Crippen LogP contribution in [0.25, 0.3) is 0 Å². The zero-order valence-corrected chi connectivity index (χ0v) is 28.2. The number of nitrogens with zero attached hydrogens (tertiary/aromatic N) is 2. The molecule has 0 radical (unpaired) electrons. The van der Waals surface area contributed by atoms with Gasteiger partial charge in [-0.25, -0.2) is 4.79 Å². The molecule has 45 heavy (non-hydrogen) atoms. The van der Waals surface area contributed by atoms with Gasteiger partial charge < -0.3 is 20.5 Å². The van der Waals surface area contributed by atoms with Gasteiger partial charge in [-0.3, -0.25) is 14.5 Å². The number of ether oxygens (including phenoxy) is 2. The lowest BCUT2D eigenvalue weighted by atomic mass is 9.92. The van der Waals surface area contributed by atoms with Crippen LogP contribution in [0.4, 0.5) is 10.5 Å². The van der Waals surface area contributed by atoms with Crippen molar-refractivity contribution in [3.63, 3.8) is 0 Å². The monoisotopic (exact) mass is 628 g/mol. The number of benzene rings is 1. The van der Waals surface area contributed by atoms with E-state index in [1.54, 1.807) is 24.3 Å². The molecule has 0 bridgehead atoms. The lowest BCUT2D eigenvalue weighted by Gasteiger charge is -2.31. The summed E-state index contributed by atoms with van der Waals surface area (Å²) in [6.45, 7) is 6.87. The van der Waals surface area contributed by atoms with Crippen molar-refractivity contribution in [2.45, 2.75) is 129 Å². The summed E-state index contributed by atoms with van der Waals surface area (Å²) in [5, 5.41) is 2.93. The minimum absolute atomic E-state index is 0.0367. The third kappa shape index (κ3) is 18.6. The maximum absolute atomic E-state index is 12.5. The highest BCUT2D eigenvalue weighted by molar-refractivity contribution is 6.03. The zero-order chi connectivity index (χ0) is 32.5. The van der Waals surface area contributed by atoms with Crippen molar-refractivity contribution in [2.24, 2.45) is 16.6 Å². The van der Waals surface area contributed by atoms with Crippen LogP contribution >= 0.6 is 0 Å². The number of likely N-dealkylation sites (tertiary alicyclic amines) is 1. The largest absolute Gasteiger partial charge is 0.465 e. The number of nitrogens with two attached hydrogens (primary N) is 1. The average molecular weight is 629 g/mol. The number of amides is 2. The van der Waals surface area contributed by atoms with Gasteiger partial charge in [0.1, 0.15) is 5.84 Å². The maximum atomic E-state index is 12.5. The number of carbonyl (C=O) groups is 3. The highest BCUT2D eigenvalue weighted by Crippen LogP contribution is 2.22. The second-order valence-corrected chi connectivity index (χ2v) is 12.4. The smallest absolute Gasteiger partial charge is 0.435 e. The van der Waals surface area contributed by atoms with Gasteiger partial charge in [-0.05, 0) is 75.9 Å². The Hall–Kier alpha value is -2.94. The highest BCUT2D eigenvalue weighted by Gasteiger charge is 2.22. The quantitative estimate of drug-likeness (QED) is 0.0545. The Kier molecular flexibility index (Phi) is 20.7. The van der Waals surface area contributed by atoms with Gasteiger partial charge in [0.25, 0.3) is 0 Å². The molecule has 1 aliphatic rings. The number of esters is 1. The van der Waals surface area contributed by atoms with E-state index in [0.717, 1.165) is 45.2 Å². The van der Waals surface area contributed by atoms with Gasteiger partial charge in [-0.2, -0.15) is 4.99 Å². The van der Waals surface area contributed by atoms with Gasteiger partial charge in [-0.1, -0.05) is 90.4 Å². The Bertz CT molecular complexity index is 990. The van der Waals surface area contributed by atoms with Crippen molar-refractivity contribution in [1.82, 2.24) is 4.90 Å². The van der Waals surface area contributed by atoms with Crippen molar-refractivity contribution in [3.8, 4) is 0 Å². The first-order valence-corrected chi connectivity index (χ1v) is 17.7. The molecule has 1 aromatic rings. The van der Waals surface area contributed by atoms with Crippen LogP contribution in [0.15, 0.2) is 29.3 Å². The summed E-state index contributed by atoms with van der Waals surface area (Å²) in [4.78, 5) is 42.2. The Morgan fingerprint density at radius 3 is 1.93 bits per heavy atom. The van der Waals surface area contributed by atoms with Crippen LogP contribution in [0.3, 0.4) is 0 Å². The third-order valence-electron chi connectivity index (χ3n) is 8.54. The summed E-state index contributed by atoms with van der Waals surface area (Å²) >= 11 is 0. The fraction of sp³-hybridized carbons (Fsp3) is 0.722. The normalized spacial score (nSPS) is 14.3.